The summed E-state index contributed by atoms with van der Waals surface area (Å²) in [4.78, 5) is 9.61. The van der Waals surface area contributed by atoms with E-state index in [2.05, 4.69) is 63.0 Å². The van der Waals surface area contributed by atoms with Gasteiger partial charge in [0, 0.05) is 48.4 Å². The average Bonchev–Trinajstić information content (AvgIpc) is 2.85. The molecule has 3 atom stereocenters. The van der Waals surface area contributed by atoms with E-state index in [1.807, 2.05) is 42.6 Å². The van der Waals surface area contributed by atoms with Gasteiger partial charge >= 0.3 is 0 Å². The first-order valence-corrected chi connectivity index (χ1v) is 12.0. The van der Waals surface area contributed by atoms with Crippen LogP contribution >= 0.6 is 0 Å². The van der Waals surface area contributed by atoms with E-state index in [0.29, 0.717) is 12.0 Å². The summed E-state index contributed by atoms with van der Waals surface area (Å²) < 4.78 is 0. The zero-order valence-corrected chi connectivity index (χ0v) is 19.0. The number of pyridine rings is 1. The molecule has 2 saturated heterocycles. The summed E-state index contributed by atoms with van der Waals surface area (Å²) in [7, 11) is 0. The molecule has 5 rings (SSSR count). The van der Waals surface area contributed by atoms with Gasteiger partial charge in [-0.3, -0.25) is 14.8 Å². The first-order valence-electron chi connectivity index (χ1n) is 12.0. The molecule has 1 aromatic heterocycles. The topological polar surface area (TPSA) is 39.6 Å². The quantitative estimate of drug-likeness (QED) is 0.629. The molecule has 2 aliphatic heterocycles. The molecule has 33 heavy (non-hydrogen) atoms. The Bertz CT molecular complexity index is 1090. The predicted molar refractivity (Wildman–Crippen MR) is 132 cm³/mol. The zero-order chi connectivity index (χ0) is 22.5. The first-order chi connectivity index (χ1) is 16.3. The van der Waals surface area contributed by atoms with E-state index in [-0.39, 0.29) is 12.6 Å². The van der Waals surface area contributed by atoms with E-state index in [1.165, 1.54) is 18.4 Å². The maximum atomic E-state index is 10.2. The summed E-state index contributed by atoms with van der Waals surface area (Å²) in [6.45, 7) is 4.27. The average molecular weight is 438 g/mol. The van der Waals surface area contributed by atoms with E-state index in [4.69, 9.17) is 0 Å². The van der Waals surface area contributed by atoms with Crippen LogP contribution in [0.1, 0.15) is 41.1 Å². The van der Waals surface area contributed by atoms with E-state index < -0.39 is 0 Å². The van der Waals surface area contributed by atoms with Crippen molar-refractivity contribution in [3.8, 4) is 11.8 Å². The molecule has 0 saturated carbocycles. The monoisotopic (exact) mass is 437 g/mol. The maximum Gasteiger partial charge on any atom is 0.0593 e. The highest BCUT2D eigenvalue weighted by atomic mass is 16.3. The third-order valence-electron chi connectivity index (χ3n) is 6.99. The van der Waals surface area contributed by atoms with Crippen LogP contribution in [0.25, 0.3) is 0 Å². The molecule has 0 radical (unpaired) electrons. The molecule has 0 aliphatic carbocycles. The third kappa shape index (κ3) is 5.02. The molecule has 4 heteroatoms. The van der Waals surface area contributed by atoms with Crippen LogP contribution in [0.3, 0.4) is 0 Å². The summed E-state index contributed by atoms with van der Waals surface area (Å²) in [5.74, 6) is 6.85. The van der Waals surface area contributed by atoms with Crippen LogP contribution in [-0.4, -0.2) is 58.2 Å². The van der Waals surface area contributed by atoms with E-state index >= 15 is 0 Å². The molecule has 4 nitrogen and oxygen atoms in total. The van der Waals surface area contributed by atoms with Crippen LogP contribution in [0.4, 0.5) is 0 Å². The van der Waals surface area contributed by atoms with Crippen LogP contribution in [0.2, 0.25) is 0 Å². The zero-order valence-electron chi connectivity index (χ0n) is 19.0. The molecule has 168 valence electrons. The number of aliphatic hydroxyl groups is 1. The van der Waals surface area contributed by atoms with E-state index in [0.717, 1.165) is 43.0 Å². The highest BCUT2D eigenvalue weighted by molar-refractivity contribution is 5.44. The van der Waals surface area contributed by atoms with E-state index in [1.54, 1.807) is 0 Å². The minimum absolute atomic E-state index is 0.200. The lowest BCUT2D eigenvalue weighted by atomic mass is 9.74. The molecule has 0 bridgehead atoms. The molecule has 2 aromatic carbocycles. The highest BCUT2D eigenvalue weighted by Gasteiger charge is 2.48. The van der Waals surface area contributed by atoms with Gasteiger partial charge in [0.25, 0.3) is 0 Å². The van der Waals surface area contributed by atoms with Crippen molar-refractivity contribution in [1.29, 1.82) is 0 Å². The molecular formula is C29H31N3O. The van der Waals surface area contributed by atoms with Crippen molar-refractivity contribution in [2.45, 2.75) is 37.4 Å². The number of aliphatic hydroxyl groups excluding tert-OH is 1. The van der Waals surface area contributed by atoms with Crippen molar-refractivity contribution < 1.29 is 5.11 Å². The standard InChI is InChI=1S/C29H31N3O/c33-22-28-29(25-15-13-24(14-16-25)12-11-23-8-2-1-3-9-23)27-21-31(18-6-7-19-32(27)28)20-26-10-4-5-17-30-26/h1-5,8-10,13-17,27-29,33H,6-7,18-22H2/t27-,28+,29-/m0/s1. The van der Waals surface area contributed by atoms with Crippen molar-refractivity contribution in [3.05, 3.63) is 101 Å². The van der Waals surface area contributed by atoms with Gasteiger partial charge < -0.3 is 5.11 Å². The first kappa shape index (κ1) is 21.9. The van der Waals surface area contributed by atoms with Gasteiger partial charge in [0.15, 0.2) is 0 Å². The number of hydrogen-bond acceptors (Lipinski definition) is 4. The summed E-state index contributed by atoms with van der Waals surface area (Å²) >= 11 is 0. The lowest BCUT2D eigenvalue weighted by Gasteiger charge is -2.57. The number of nitrogens with zero attached hydrogens (tertiary/aromatic N) is 3. The lowest BCUT2D eigenvalue weighted by Crippen LogP contribution is -2.67. The normalized spacial score (nSPS) is 23.4. The van der Waals surface area contributed by atoms with Gasteiger partial charge in [0.1, 0.15) is 0 Å². The Morgan fingerprint density at radius 1 is 0.848 bits per heavy atom. The molecule has 3 aromatic rings. The van der Waals surface area contributed by atoms with Gasteiger partial charge in [-0.15, -0.1) is 0 Å². The number of hydrogen-bond donors (Lipinski definition) is 1. The summed E-state index contributed by atoms with van der Waals surface area (Å²) in [5.41, 5.74) is 4.48. The minimum atomic E-state index is 0.200. The van der Waals surface area contributed by atoms with Gasteiger partial charge in [-0.05, 0) is 67.9 Å². The van der Waals surface area contributed by atoms with Crippen LogP contribution in [-0.2, 0) is 6.54 Å². The Kier molecular flexibility index (Phi) is 6.83. The molecule has 2 aliphatic rings. The smallest absolute Gasteiger partial charge is 0.0593 e. The van der Waals surface area contributed by atoms with Gasteiger partial charge in [0.2, 0.25) is 0 Å². The fourth-order valence-electron chi connectivity index (χ4n) is 5.33. The van der Waals surface area contributed by atoms with Crippen molar-refractivity contribution >= 4 is 0 Å². The van der Waals surface area contributed by atoms with Crippen molar-refractivity contribution in [3.63, 3.8) is 0 Å². The molecule has 0 spiro atoms. The SMILES string of the molecule is OC[C@@H]1[C@@H](c2ccc(C#Cc3ccccc3)cc2)[C@@H]2CN(Cc3ccccn3)CCCCN12. The second kappa shape index (κ2) is 10.3. The molecule has 1 N–H and O–H groups in total. The summed E-state index contributed by atoms with van der Waals surface area (Å²) in [5, 5.41) is 10.2. The fraction of sp³-hybridized carbons (Fsp3) is 0.345. The largest absolute Gasteiger partial charge is 0.395 e. The van der Waals surface area contributed by atoms with Gasteiger partial charge in [-0.1, -0.05) is 48.2 Å². The minimum Gasteiger partial charge on any atom is -0.395 e. The molecule has 2 fully saturated rings. The Morgan fingerprint density at radius 3 is 2.30 bits per heavy atom. The predicted octanol–water partition coefficient (Wildman–Crippen LogP) is 3.91. The number of fused-ring (bicyclic) bond motifs is 1. The molecule has 0 amide bonds. The van der Waals surface area contributed by atoms with Crippen LogP contribution in [0.5, 0.6) is 0 Å². The highest BCUT2D eigenvalue weighted by Crippen LogP contribution is 2.42. The van der Waals surface area contributed by atoms with Crippen LogP contribution in [0.15, 0.2) is 79.0 Å². The Hall–Kier alpha value is -2.97. The second-order valence-electron chi connectivity index (χ2n) is 9.08. The molecule has 0 unspecified atom stereocenters. The third-order valence-corrected chi connectivity index (χ3v) is 6.99. The molecular weight excluding hydrogens is 406 g/mol. The lowest BCUT2D eigenvalue weighted by molar-refractivity contribution is -0.0656. The Labute approximate surface area is 196 Å². The van der Waals surface area contributed by atoms with Crippen LogP contribution < -0.4 is 0 Å². The molecule has 3 heterocycles. The number of rotatable bonds is 4. The summed E-state index contributed by atoms with van der Waals surface area (Å²) in [6.07, 6.45) is 4.24. The van der Waals surface area contributed by atoms with Crippen LogP contribution in [0, 0.1) is 11.8 Å². The number of benzene rings is 2. The fourth-order valence-corrected chi connectivity index (χ4v) is 5.33. The van der Waals surface area contributed by atoms with Gasteiger partial charge in [-0.25, -0.2) is 0 Å². The van der Waals surface area contributed by atoms with Gasteiger partial charge in [0.05, 0.1) is 12.3 Å². The Morgan fingerprint density at radius 2 is 1.58 bits per heavy atom. The van der Waals surface area contributed by atoms with Crippen molar-refractivity contribution in [2.75, 3.05) is 26.2 Å². The number of aromatic nitrogens is 1. The van der Waals surface area contributed by atoms with Crippen molar-refractivity contribution in [2.24, 2.45) is 0 Å². The second-order valence-corrected chi connectivity index (χ2v) is 9.08. The van der Waals surface area contributed by atoms with Gasteiger partial charge in [-0.2, -0.15) is 0 Å². The Balaban J connectivity index is 1.32. The summed E-state index contributed by atoms with van der Waals surface area (Å²) in [6, 6.07) is 25.5. The van der Waals surface area contributed by atoms with Crippen molar-refractivity contribution in [1.82, 2.24) is 14.8 Å². The van der Waals surface area contributed by atoms with E-state index in [9.17, 15) is 5.11 Å². The maximum absolute atomic E-state index is 10.2.